The molecule has 1 atom stereocenters. The maximum atomic E-state index is 11.9. The topological polar surface area (TPSA) is 80.3 Å². The monoisotopic (exact) mass is 266 g/mol. The number of carbonyl (C=O) groups is 1. The summed E-state index contributed by atoms with van der Waals surface area (Å²) >= 11 is 0. The zero-order valence-electron chi connectivity index (χ0n) is 11.8. The van der Waals surface area contributed by atoms with Crippen LogP contribution in [0.3, 0.4) is 0 Å². The Bertz CT molecular complexity index is 403. The van der Waals surface area contributed by atoms with Crippen LogP contribution < -0.4 is 5.73 Å². The zero-order chi connectivity index (χ0) is 14.0. The van der Waals surface area contributed by atoms with Crippen LogP contribution in [0.5, 0.6) is 0 Å². The van der Waals surface area contributed by atoms with Gasteiger partial charge in [-0.15, -0.1) is 5.11 Å². The molecule has 1 saturated heterocycles. The maximum Gasteiger partial charge on any atom is 0.410 e. The van der Waals surface area contributed by atoms with E-state index >= 15 is 0 Å². The van der Waals surface area contributed by atoms with E-state index in [1.165, 1.54) is 0 Å². The molecule has 2 N–H and O–H groups in total. The van der Waals surface area contributed by atoms with Crippen LogP contribution in [-0.2, 0) is 4.74 Å². The lowest BCUT2D eigenvalue weighted by atomic mass is 9.90. The number of likely N-dealkylation sites (tertiary alicyclic amines) is 1. The lowest BCUT2D eigenvalue weighted by Crippen LogP contribution is -2.43. The largest absolute Gasteiger partial charge is 0.444 e. The Hall–Kier alpha value is -1.59. The number of amides is 1. The quantitative estimate of drug-likeness (QED) is 0.790. The first-order chi connectivity index (χ1) is 8.85. The molecule has 0 aromatic rings. The first-order valence-corrected chi connectivity index (χ1v) is 6.71. The molecule has 106 valence electrons. The molecule has 0 aromatic heterocycles. The Morgan fingerprint density at radius 3 is 2.53 bits per heavy atom. The molecule has 19 heavy (non-hydrogen) atoms. The van der Waals surface area contributed by atoms with E-state index in [2.05, 4.69) is 10.2 Å². The van der Waals surface area contributed by atoms with Crippen molar-refractivity contribution in [1.29, 1.82) is 0 Å². The van der Waals surface area contributed by atoms with E-state index in [4.69, 9.17) is 10.5 Å². The van der Waals surface area contributed by atoms with Crippen LogP contribution in [-0.4, -0.2) is 35.7 Å². The van der Waals surface area contributed by atoms with Crippen LogP contribution in [0.1, 0.15) is 33.6 Å². The van der Waals surface area contributed by atoms with Crippen molar-refractivity contribution in [2.75, 3.05) is 13.1 Å². The van der Waals surface area contributed by atoms with Gasteiger partial charge in [0.05, 0.1) is 6.04 Å². The van der Waals surface area contributed by atoms with Gasteiger partial charge in [-0.1, -0.05) is 0 Å². The smallest absolute Gasteiger partial charge is 0.410 e. The van der Waals surface area contributed by atoms with Crippen molar-refractivity contribution in [3.05, 3.63) is 11.9 Å². The summed E-state index contributed by atoms with van der Waals surface area (Å²) in [5.74, 6) is 0.919. The third-order valence-corrected chi connectivity index (χ3v) is 3.32. The average Bonchev–Trinajstić information content (AvgIpc) is 2.74. The third kappa shape index (κ3) is 3.68. The van der Waals surface area contributed by atoms with Gasteiger partial charge in [-0.2, -0.15) is 5.11 Å². The van der Waals surface area contributed by atoms with Gasteiger partial charge in [-0.25, -0.2) is 4.79 Å². The number of nitrogens with two attached hydrogens (primary N) is 1. The van der Waals surface area contributed by atoms with Crippen LogP contribution in [0.15, 0.2) is 22.1 Å². The molecule has 2 heterocycles. The van der Waals surface area contributed by atoms with Crippen molar-refractivity contribution in [2.45, 2.75) is 45.3 Å². The molecular formula is C13H22N4O2. The van der Waals surface area contributed by atoms with Crippen LogP contribution >= 0.6 is 0 Å². The maximum absolute atomic E-state index is 11.9. The summed E-state index contributed by atoms with van der Waals surface area (Å²) in [5, 5.41) is 8.00. The Balaban J connectivity index is 1.83. The van der Waals surface area contributed by atoms with Gasteiger partial charge in [-0.3, -0.25) is 0 Å². The predicted octanol–water partition coefficient (Wildman–Crippen LogP) is 2.27. The number of ether oxygens (including phenoxy) is 1. The minimum absolute atomic E-state index is 0.0841. The summed E-state index contributed by atoms with van der Waals surface area (Å²) in [6.45, 7) is 7.05. The molecule has 1 amide bonds. The van der Waals surface area contributed by atoms with Crippen molar-refractivity contribution >= 4 is 6.09 Å². The van der Waals surface area contributed by atoms with Crippen LogP contribution in [0.2, 0.25) is 0 Å². The SMILES string of the molecule is CC(C)(C)OC(=O)N1CCC([C@H]2C=C(N)N=N2)CC1. The van der Waals surface area contributed by atoms with Gasteiger partial charge in [0.2, 0.25) is 0 Å². The van der Waals surface area contributed by atoms with E-state index in [-0.39, 0.29) is 12.1 Å². The van der Waals surface area contributed by atoms with Crippen molar-refractivity contribution in [3.63, 3.8) is 0 Å². The van der Waals surface area contributed by atoms with Gasteiger partial charge in [0.15, 0.2) is 0 Å². The Morgan fingerprint density at radius 2 is 2.05 bits per heavy atom. The summed E-state index contributed by atoms with van der Waals surface area (Å²) < 4.78 is 5.37. The van der Waals surface area contributed by atoms with Gasteiger partial charge in [-0.05, 0) is 45.6 Å². The van der Waals surface area contributed by atoms with E-state index in [9.17, 15) is 4.79 Å². The number of azo groups is 1. The molecule has 0 aromatic carbocycles. The summed E-state index contributed by atoms with van der Waals surface area (Å²) in [7, 11) is 0. The zero-order valence-corrected chi connectivity index (χ0v) is 11.8. The molecule has 6 heteroatoms. The van der Waals surface area contributed by atoms with E-state index in [1.807, 2.05) is 26.8 Å². The Kier molecular flexibility index (Phi) is 3.78. The van der Waals surface area contributed by atoms with E-state index < -0.39 is 5.60 Å². The van der Waals surface area contributed by atoms with Gasteiger partial charge < -0.3 is 15.4 Å². The van der Waals surface area contributed by atoms with E-state index in [0.717, 1.165) is 12.8 Å². The standard InChI is InChI=1S/C13H22N4O2/c1-13(2,3)19-12(18)17-6-4-9(5-7-17)10-8-11(14)16-15-10/h8-10H,4-7,14H2,1-3H3/t10-/m1/s1. The normalized spacial score (nSPS) is 24.5. The molecule has 0 spiro atoms. The first kappa shape index (κ1) is 13.8. The van der Waals surface area contributed by atoms with E-state index in [1.54, 1.807) is 4.90 Å². The van der Waals surface area contributed by atoms with E-state index in [0.29, 0.717) is 24.8 Å². The number of carbonyl (C=O) groups excluding carboxylic acids is 1. The van der Waals surface area contributed by atoms with Gasteiger partial charge in [0, 0.05) is 13.1 Å². The lowest BCUT2D eigenvalue weighted by Gasteiger charge is -2.34. The van der Waals surface area contributed by atoms with Crippen LogP contribution in [0, 0.1) is 5.92 Å². The fourth-order valence-electron chi connectivity index (χ4n) is 2.36. The third-order valence-electron chi connectivity index (χ3n) is 3.32. The molecule has 0 bridgehead atoms. The summed E-state index contributed by atoms with van der Waals surface area (Å²) in [6.07, 6.45) is 3.49. The van der Waals surface area contributed by atoms with Crippen molar-refractivity contribution in [2.24, 2.45) is 21.9 Å². The number of rotatable bonds is 1. The molecule has 0 aliphatic carbocycles. The summed E-state index contributed by atoms with van der Waals surface area (Å²) in [4.78, 5) is 13.7. The second-order valence-electron chi connectivity index (χ2n) is 6.10. The molecule has 2 aliphatic rings. The van der Waals surface area contributed by atoms with Crippen LogP contribution in [0.4, 0.5) is 4.79 Å². The molecule has 0 saturated carbocycles. The lowest BCUT2D eigenvalue weighted by molar-refractivity contribution is 0.0180. The fraction of sp³-hybridized carbons (Fsp3) is 0.769. The highest BCUT2D eigenvalue weighted by molar-refractivity contribution is 5.68. The minimum atomic E-state index is -0.440. The first-order valence-electron chi connectivity index (χ1n) is 6.71. The second kappa shape index (κ2) is 5.19. The van der Waals surface area contributed by atoms with Gasteiger partial charge in [0.25, 0.3) is 0 Å². The number of piperidine rings is 1. The highest BCUT2D eigenvalue weighted by atomic mass is 16.6. The number of hydrogen-bond acceptors (Lipinski definition) is 5. The highest BCUT2D eigenvalue weighted by Gasteiger charge is 2.31. The fourth-order valence-corrected chi connectivity index (χ4v) is 2.36. The van der Waals surface area contributed by atoms with Crippen molar-refractivity contribution < 1.29 is 9.53 Å². The average molecular weight is 266 g/mol. The minimum Gasteiger partial charge on any atom is -0.444 e. The molecular weight excluding hydrogens is 244 g/mol. The van der Waals surface area contributed by atoms with Crippen molar-refractivity contribution in [1.82, 2.24) is 4.90 Å². The van der Waals surface area contributed by atoms with Gasteiger partial charge >= 0.3 is 6.09 Å². The number of nitrogens with zero attached hydrogens (tertiary/aromatic N) is 3. The molecule has 2 rings (SSSR count). The Labute approximate surface area is 113 Å². The molecule has 0 radical (unpaired) electrons. The molecule has 6 nitrogen and oxygen atoms in total. The summed E-state index contributed by atoms with van der Waals surface area (Å²) in [5.41, 5.74) is 5.15. The van der Waals surface area contributed by atoms with Crippen LogP contribution in [0.25, 0.3) is 0 Å². The van der Waals surface area contributed by atoms with Gasteiger partial charge in [0.1, 0.15) is 11.4 Å². The molecule has 1 fully saturated rings. The van der Waals surface area contributed by atoms with Crippen molar-refractivity contribution in [3.8, 4) is 0 Å². The molecule has 0 unspecified atom stereocenters. The Morgan fingerprint density at radius 1 is 1.42 bits per heavy atom. The number of hydrogen-bond donors (Lipinski definition) is 1. The summed E-state index contributed by atoms with van der Waals surface area (Å²) in [6, 6.07) is 0.0841. The predicted molar refractivity (Wildman–Crippen MR) is 71.4 cm³/mol. The highest BCUT2D eigenvalue weighted by Crippen LogP contribution is 2.27. The second-order valence-corrected chi connectivity index (χ2v) is 6.10. The molecule has 2 aliphatic heterocycles.